The first kappa shape index (κ1) is 13.6. The molecule has 2 heteroatoms. The van der Waals surface area contributed by atoms with E-state index in [1.165, 1.54) is 36.8 Å². The van der Waals surface area contributed by atoms with E-state index in [2.05, 4.69) is 31.2 Å². The van der Waals surface area contributed by atoms with Crippen LogP contribution < -0.4 is 5.73 Å². The molecule has 1 fully saturated rings. The molecule has 0 radical (unpaired) electrons. The monoisotopic (exact) mass is 247 g/mol. The van der Waals surface area contributed by atoms with Gasteiger partial charge in [-0.25, -0.2) is 0 Å². The topological polar surface area (TPSA) is 35.2 Å². The van der Waals surface area contributed by atoms with Crippen molar-refractivity contribution in [3.8, 4) is 0 Å². The van der Waals surface area contributed by atoms with E-state index in [0.29, 0.717) is 0 Å². The third-order valence-corrected chi connectivity index (χ3v) is 4.45. The summed E-state index contributed by atoms with van der Waals surface area (Å²) in [4.78, 5) is 0. The van der Waals surface area contributed by atoms with Crippen molar-refractivity contribution >= 4 is 0 Å². The first-order valence-electron chi connectivity index (χ1n) is 7.03. The zero-order chi connectivity index (χ0) is 13.0. The maximum atomic E-state index is 6.10. The van der Waals surface area contributed by atoms with Gasteiger partial charge < -0.3 is 10.5 Å². The molecular weight excluding hydrogens is 222 g/mol. The van der Waals surface area contributed by atoms with Crippen LogP contribution in [0.2, 0.25) is 0 Å². The largest absolute Gasteiger partial charge is 0.381 e. The molecule has 1 aromatic rings. The third kappa shape index (κ3) is 2.60. The van der Waals surface area contributed by atoms with E-state index in [4.69, 9.17) is 10.5 Å². The van der Waals surface area contributed by atoms with Crippen LogP contribution in [0, 0.1) is 0 Å². The summed E-state index contributed by atoms with van der Waals surface area (Å²) in [6.07, 6.45) is 6.34. The molecule has 0 bridgehead atoms. The summed E-state index contributed by atoms with van der Waals surface area (Å²) < 4.78 is 5.41. The van der Waals surface area contributed by atoms with Gasteiger partial charge in [0.2, 0.25) is 0 Å². The average molecular weight is 247 g/mol. The lowest BCUT2D eigenvalue weighted by molar-refractivity contribution is 0.118. The van der Waals surface area contributed by atoms with Crippen molar-refractivity contribution in [1.82, 2.24) is 0 Å². The number of rotatable bonds is 5. The molecule has 1 saturated carbocycles. The second-order valence-electron chi connectivity index (χ2n) is 5.60. The molecular formula is C16H25NO. The lowest BCUT2D eigenvalue weighted by Crippen LogP contribution is -2.33. The fourth-order valence-electron chi connectivity index (χ4n) is 3.24. The average Bonchev–Trinajstić information content (AvgIpc) is 2.89. The number of benzene rings is 1. The fraction of sp³-hybridized carbons (Fsp3) is 0.625. The van der Waals surface area contributed by atoms with Crippen LogP contribution in [-0.4, -0.2) is 19.8 Å². The van der Waals surface area contributed by atoms with Crippen LogP contribution in [0.3, 0.4) is 0 Å². The van der Waals surface area contributed by atoms with Gasteiger partial charge in [-0.05, 0) is 37.3 Å². The Hall–Kier alpha value is -0.860. The highest BCUT2D eigenvalue weighted by Gasteiger charge is 2.35. The molecule has 2 nitrogen and oxygen atoms in total. The van der Waals surface area contributed by atoms with E-state index < -0.39 is 0 Å². The predicted molar refractivity (Wildman–Crippen MR) is 75.8 cm³/mol. The minimum atomic E-state index is 0.226. The number of methoxy groups -OCH3 is 1. The van der Waals surface area contributed by atoms with Crippen molar-refractivity contribution in [2.45, 2.75) is 50.5 Å². The standard InChI is InChI=1S/C16H25NO/c1-13(18-2)11-14-7-3-4-8-15(14)16(12-17)9-5-6-10-16/h3-4,7-8,13H,5-6,9-12,17H2,1-2H3. The van der Waals surface area contributed by atoms with Crippen molar-refractivity contribution in [2.24, 2.45) is 5.73 Å². The Bertz CT molecular complexity index is 382. The highest BCUT2D eigenvalue weighted by Crippen LogP contribution is 2.41. The van der Waals surface area contributed by atoms with Crippen molar-refractivity contribution < 1.29 is 4.74 Å². The Labute approximate surface area is 111 Å². The normalized spacial score (nSPS) is 19.9. The summed E-state index contributed by atoms with van der Waals surface area (Å²) in [6, 6.07) is 8.78. The second-order valence-corrected chi connectivity index (χ2v) is 5.60. The van der Waals surface area contributed by atoms with E-state index in [0.717, 1.165) is 13.0 Å². The predicted octanol–water partition coefficient (Wildman–Crippen LogP) is 3.03. The number of nitrogens with two attached hydrogens (primary N) is 1. The van der Waals surface area contributed by atoms with Gasteiger partial charge in [0.25, 0.3) is 0 Å². The van der Waals surface area contributed by atoms with Crippen molar-refractivity contribution in [2.75, 3.05) is 13.7 Å². The van der Waals surface area contributed by atoms with Crippen LogP contribution >= 0.6 is 0 Å². The zero-order valence-corrected chi connectivity index (χ0v) is 11.6. The van der Waals surface area contributed by atoms with E-state index in [9.17, 15) is 0 Å². The molecule has 0 aromatic heterocycles. The fourth-order valence-corrected chi connectivity index (χ4v) is 3.24. The van der Waals surface area contributed by atoms with Gasteiger partial charge in [0.1, 0.15) is 0 Å². The summed E-state index contributed by atoms with van der Waals surface area (Å²) in [5.74, 6) is 0. The van der Waals surface area contributed by atoms with E-state index in [1.807, 2.05) is 0 Å². The highest BCUT2D eigenvalue weighted by molar-refractivity contribution is 5.36. The first-order chi connectivity index (χ1) is 8.72. The van der Waals surface area contributed by atoms with Crippen molar-refractivity contribution in [3.63, 3.8) is 0 Å². The van der Waals surface area contributed by atoms with Crippen LogP contribution in [0.5, 0.6) is 0 Å². The molecule has 0 saturated heterocycles. The maximum Gasteiger partial charge on any atom is 0.0583 e. The van der Waals surface area contributed by atoms with Crippen molar-refractivity contribution in [1.29, 1.82) is 0 Å². The molecule has 1 aromatic carbocycles. The molecule has 1 unspecified atom stereocenters. The Morgan fingerprint density at radius 3 is 2.56 bits per heavy atom. The summed E-state index contributed by atoms with van der Waals surface area (Å²) >= 11 is 0. The van der Waals surface area contributed by atoms with Gasteiger partial charge in [-0.1, -0.05) is 37.1 Å². The molecule has 100 valence electrons. The van der Waals surface area contributed by atoms with Gasteiger partial charge in [-0.15, -0.1) is 0 Å². The minimum Gasteiger partial charge on any atom is -0.381 e. The lowest BCUT2D eigenvalue weighted by atomic mass is 9.76. The number of hydrogen-bond donors (Lipinski definition) is 1. The van der Waals surface area contributed by atoms with Gasteiger partial charge in [-0.3, -0.25) is 0 Å². The minimum absolute atomic E-state index is 0.226. The van der Waals surface area contributed by atoms with Crippen LogP contribution in [0.15, 0.2) is 24.3 Å². The van der Waals surface area contributed by atoms with E-state index in [-0.39, 0.29) is 11.5 Å². The van der Waals surface area contributed by atoms with Crippen LogP contribution in [0.25, 0.3) is 0 Å². The van der Waals surface area contributed by atoms with Gasteiger partial charge in [-0.2, -0.15) is 0 Å². The van der Waals surface area contributed by atoms with Gasteiger partial charge in [0, 0.05) is 19.1 Å². The maximum absolute atomic E-state index is 6.10. The van der Waals surface area contributed by atoms with Crippen LogP contribution in [-0.2, 0) is 16.6 Å². The molecule has 2 N–H and O–H groups in total. The van der Waals surface area contributed by atoms with Gasteiger partial charge in [0.05, 0.1) is 6.10 Å². The Morgan fingerprint density at radius 1 is 1.28 bits per heavy atom. The molecule has 0 spiro atoms. The summed E-state index contributed by atoms with van der Waals surface area (Å²) in [5, 5.41) is 0. The Kier molecular flexibility index (Phi) is 4.41. The number of hydrogen-bond acceptors (Lipinski definition) is 2. The smallest absolute Gasteiger partial charge is 0.0583 e. The molecule has 1 aliphatic carbocycles. The second kappa shape index (κ2) is 5.85. The summed E-state index contributed by atoms with van der Waals surface area (Å²) in [6.45, 7) is 2.89. The number of ether oxygens (including phenoxy) is 1. The quantitative estimate of drug-likeness (QED) is 0.868. The van der Waals surface area contributed by atoms with Crippen LogP contribution in [0.1, 0.15) is 43.7 Å². The first-order valence-corrected chi connectivity index (χ1v) is 7.03. The molecule has 1 aliphatic rings. The summed E-state index contributed by atoms with van der Waals surface area (Å²) in [5.41, 5.74) is 9.21. The SMILES string of the molecule is COC(C)Cc1ccccc1C1(CN)CCCC1. The van der Waals surface area contributed by atoms with E-state index in [1.54, 1.807) is 7.11 Å². The van der Waals surface area contributed by atoms with E-state index >= 15 is 0 Å². The lowest BCUT2D eigenvalue weighted by Gasteiger charge is -2.31. The van der Waals surface area contributed by atoms with Gasteiger partial charge in [0.15, 0.2) is 0 Å². The molecule has 0 amide bonds. The molecule has 18 heavy (non-hydrogen) atoms. The highest BCUT2D eigenvalue weighted by atomic mass is 16.5. The molecule has 0 aliphatic heterocycles. The van der Waals surface area contributed by atoms with Gasteiger partial charge >= 0.3 is 0 Å². The molecule has 1 atom stereocenters. The van der Waals surface area contributed by atoms with Crippen molar-refractivity contribution in [3.05, 3.63) is 35.4 Å². The Morgan fingerprint density at radius 2 is 1.94 bits per heavy atom. The molecule has 2 rings (SSSR count). The Balaban J connectivity index is 2.31. The third-order valence-electron chi connectivity index (χ3n) is 4.45. The van der Waals surface area contributed by atoms with Crippen LogP contribution in [0.4, 0.5) is 0 Å². The zero-order valence-electron chi connectivity index (χ0n) is 11.6. The molecule has 0 heterocycles. The summed E-state index contributed by atoms with van der Waals surface area (Å²) in [7, 11) is 1.78.